The molecule has 1 N–H and O–H groups in total. The summed E-state index contributed by atoms with van der Waals surface area (Å²) in [5.41, 5.74) is 4.82. The Hall–Kier alpha value is -3.33. The number of nitriles is 1. The summed E-state index contributed by atoms with van der Waals surface area (Å²) >= 11 is 0. The van der Waals surface area contributed by atoms with E-state index in [-0.39, 0.29) is 11.9 Å². The van der Waals surface area contributed by atoms with Crippen molar-refractivity contribution in [1.82, 2.24) is 20.1 Å². The van der Waals surface area contributed by atoms with Gasteiger partial charge in [0, 0.05) is 38.1 Å². The number of carbonyl (C=O) groups excluding carboxylic acids is 1. The van der Waals surface area contributed by atoms with Crippen molar-refractivity contribution < 1.29 is 4.79 Å². The van der Waals surface area contributed by atoms with Gasteiger partial charge < -0.3 is 15.1 Å². The highest BCUT2D eigenvalue weighted by Crippen LogP contribution is 2.52. The normalized spacial score (nSPS) is 28.3. The minimum Gasteiger partial charge on any atom is -0.357 e. The fourth-order valence-electron chi connectivity index (χ4n) is 6.40. The summed E-state index contributed by atoms with van der Waals surface area (Å²) in [7, 11) is 0. The molecule has 6 rings (SSSR count). The van der Waals surface area contributed by atoms with Crippen molar-refractivity contribution in [1.29, 1.82) is 5.26 Å². The van der Waals surface area contributed by atoms with E-state index in [4.69, 9.17) is 0 Å². The summed E-state index contributed by atoms with van der Waals surface area (Å²) < 4.78 is 0. The SMILES string of the molecule is C=C[C@]1(C2CC2)NC(N2CCN(C(=O)C=C3CCC3)C(C3CC3)C2)=C(C#N)C(C)=C1c1ccncc1. The highest BCUT2D eigenvalue weighted by Gasteiger charge is 2.51. The van der Waals surface area contributed by atoms with Crippen molar-refractivity contribution in [2.75, 3.05) is 19.6 Å². The number of aromatic nitrogens is 1. The number of hydrogen-bond donors (Lipinski definition) is 1. The number of nitrogens with zero attached hydrogens (tertiary/aromatic N) is 4. The average molecular weight is 482 g/mol. The molecule has 0 bridgehead atoms. The second kappa shape index (κ2) is 8.96. The smallest absolute Gasteiger partial charge is 0.246 e. The Morgan fingerprint density at radius 2 is 1.97 bits per heavy atom. The molecule has 1 saturated heterocycles. The van der Waals surface area contributed by atoms with Gasteiger partial charge in [-0.25, -0.2) is 0 Å². The summed E-state index contributed by atoms with van der Waals surface area (Å²) in [6.07, 6.45) is 15.6. The monoisotopic (exact) mass is 481 g/mol. The molecule has 0 aromatic carbocycles. The van der Waals surface area contributed by atoms with Crippen LogP contribution in [-0.4, -0.2) is 51.9 Å². The number of piperazine rings is 1. The molecule has 0 radical (unpaired) electrons. The summed E-state index contributed by atoms with van der Waals surface area (Å²) in [4.78, 5) is 21.8. The van der Waals surface area contributed by atoms with Gasteiger partial charge in [-0.2, -0.15) is 5.26 Å². The maximum absolute atomic E-state index is 13.2. The summed E-state index contributed by atoms with van der Waals surface area (Å²) in [6, 6.07) is 6.80. The fraction of sp³-hybridized carbons (Fsp3) is 0.500. The molecule has 36 heavy (non-hydrogen) atoms. The van der Waals surface area contributed by atoms with Crippen LogP contribution in [0.25, 0.3) is 5.57 Å². The van der Waals surface area contributed by atoms with Gasteiger partial charge in [-0.3, -0.25) is 9.78 Å². The van der Waals surface area contributed by atoms with Crippen LogP contribution in [0.4, 0.5) is 0 Å². The number of allylic oxidation sites excluding steroid dienone is 3. The highest BCUT2D eigenvalue weighted by molar-refractivity contribution is 5.89. The van der Waals surface area contributed by atoms with E-state index in [1.165, 1.54) is 24.8 Å². The third-order valence-electron chi connectivity index (χ3n) is 8.86. The highest BCUT2D eigenvalue weighted by atomic mass is 16.2. The minimum atomic E-state index is -0.419. The number of hydrogen-bond acceptors (Lipinski definition) is 5. The summed E-state index contributed by atoms with van der Waals surface area (Å²) in [6.45, 7) is 8.56. The Morgan fingerprint density at radius 3 is 2.56 bits per heavy atom. The molecule has 6 heteroatoms. The van der Waals surface area contributed by atoms with Gasteiger partial charge in [0.1, 0.15) is 11.9 Å². The van der Waals surface area contributed by atoms with Gasteiger partial charge in [0.25, 0.3) is 0 Å². The van der Waals surface area contributed by atoms with Crippen molar-refractivity contribution in [3.05, 3.63) is 71.4 Å². The summed E-state index contributed by atoms with van der Waals surface area (Å²) in [5, 5.41) is 14.2. The zero-order chi connectivity index (χ0) is 24.9. The zero-order valence-corrected chi connectivity index (χ0v) is 21.2. The number of dihydropyridines is 1. The van der Waals surface area contributed by atoms with E-state index in [0.29, 0.717) is 24.0 Å². The second-order valence-corrected chi connectivity index (χ2v) is 11.1. The van der Waals surface area contributed by atoms with Gasteiger partial charge in [0.15, 0.2) is 0 Å². The molecule has 5 aliphatic rings. The number of pyridine rings is 1. The van der Waals surface area contributed by atoms with Gasteiger partial charge in [-0.05, 0) is 92.5 Å². The minimum absolute atomic E-state index is 0.182. The predicted octanol–water partition coefficient (Wildman–Crippen LogP) is 4.56. The van der Waals surface area contributed by atoms with E-state index in [1.54, 1.807) is 0 Å². The molecule has 186 valence electrons. The third-order valence-corrected chi connectivity index (χ3v) is 8.86. The van der Waals surface area contributed by atoms with Crippen LogP contribution < -0.4 is 5.32 Å². The molecular weight excluding hydrogens is 446 g/mol. The number of amides is 1. The molecule has 2 aliphatic heterocycles. The first-order valence-electron chi connectivity index (χ1n) is 13.5. The van der Waals surface area contributed by atoms with E-state index >= 15 is 0 Å². The Labute approximate surface area is 214 Å². The van der Waals surface area contributed by atoms with Crippen LogP contribution >= 0.6 is 0 Å². The average Bonchev–Trinajstić information content (AvgIpc) is 3.78. The molecule has 1 unspecified atom stereocenters. The topological polar surface area (TPSA) is 72.3 Å². The van der Waals surface area contributed by atoms with Gasteiger partial charge >= 0.3 is 0 Å². The molecule has 1 amide bonds. The summed E-state index contributed by atoms with van der Waals surface area (Å²) in [5.74, 6) is 2.10. The Bertz CT molecular complexity index is 1210. The fourth-order valence-corrected chi connectivity index (χ4v) is 6.40. The van der Waals surface area contributed by atoms with E-state index in [0.717, 1.165) is 61.3 Å². The van der Waals surface area contributed by atoms with Gasteiger partial charge in [0.2, 0.25) is 5.91 Å². The van der Waals surface area contributed by atoms with E-state index < -0.39 is 5.54 Å². The van der Waals surface area contributed by atoms with Gasteiger partial charge in [0.05, 0.1) is 17.2 Å². The Morgan fingerprint density at radius 1 is 1.22 bits per heavy atom. The van der Waals surface area contributed by atoms with Gasteiger partial charge in [-0.1, -0.05) is 11.6 Å². The van der Waals surface area contributed by atoms with Crippen LogP contribution in [0.2, 0.25) is 0 Å². The Kier molecular flexibility index (Phi) is 5.75. The van der Waals surface area contributed by atoms with Crippen molar-refractivity contribution in [2.45, 2.75) is 63.5 Å². The van der Waals surface area contributed by atoms with Crippen LogP contribution in [-0.2, 0) is 4.79 Å². The van der Waals surface area contributed by atoms with Crippen LogP contribution in [0, 0.1) is 23.2 Å². The van der Waals surface area contributed by atoms with E-state index in [1.807, 2.05) is 30.6 Å². The van der Waals surface area contributed by atoms with Crippen LogP contribution in [0.3, 0.4) is 0 Å². The first kappa shape index (κ1) is 23.1. The maximum atomic E-state index is 13.2. The standard InChI is InChI=1S/C30H35N5O/c1-3-30(24-9-10-24)28(23-11-13-32-14-12-23)20(2)25(18-31)29(33-30)34-15-16-35(26(19-34)22-7-8-22)27(36)17-21-5-4-6-21/h3,11-14,17,22,24,26,33H,1,4-10,15-16,19H2,2H3/t26?,30-/m1/s1. The molecule has 3 heterocycles. The van der Waals surface area contributed by atoms with Gasteiger partial charge in [-0.15, -0.1) is 6.58 Å². The number of carbonyl (C=O) groups is 1. The lowest BCUT2D eigenvalue weighted by Gasteiger charge is -2.48. The molecule has 3 saturated carbocycles. The molecular formula is C30H35N5O. The first-order chi connectivity index (χ1) is 17.6. The molecule has 0 spiro atoms. The zero-order valence-electron chi connectivity index (χ0n) is 21.2. The third kappa shape index (κ3) is 3.86. The molecule has 2 atom stereocenters. The lowest BCUT2D eigenvalue weighted by Crippen LogP contribution is -2.59. The lowest BCUT2D eigenvalue weighted by atomic mass is 9.75. The number of nitrogens with one attached hydrogen (secondary N) is 1. The molecule has 1 aromatic rings. The Balaban J connectivity index is 1.36. The second-order valence-electron chi connectivity index (χ2n) is 11.1. The lowest BCUT2D eigenvalue weighted by molar-refractivity contribution is -0.131. The number of rotatable bonds is 6. The molecule has 1 aromatic heterocycles. The first-order valence-corrected chi connectivity index (χ1v) is 13.5. The van der Waals surface area contributed by atoms with E-state index in [9.17, 15) is 10.1 Å². The largest absolute Gasteiger partial charge is 0.357 e. The van der Waals surface area contributed by atoms with Crippen LogP contribution in [0.5, 0.6) is 0 Å². The van der Waals surface area contributed by atoms with Crippen LogP contribution in [0.1, 0.15) is 57.4 Å². The van der Waals surface area contributed by atoms with Crippen molar-refractivity contribution in [2.24, 2.45) is 11.8 Å². The molecule has 6 nitrogen and oxygen atoms in total. The predicted molar refractivity (Wildman–Crippen MR) is 140 cm³/mol. The maximum Gasteiger partial charge on any atom is 0.246 e. The van der Waals surface area contributed by atoms with Crippen molar-refractivity contribution >= 4 is 11.5 Å². The van der Waals surface area contributed by atoms with Crippen LogP contribution in [0.15, 0.2) is 65.8 Å². The van der Waals surface area contributed by atoms with Crippen molar-refractivity contribution in [3.63, 3.8) is 0 Å². The molecule has 3 aliphatic carbocycles. The quantitative estimate of drug-likeness (QED) is 0.476. The van der Waals surface area contributed by atoms with Crippen molar-refractivity contribution in [3.8, 4) is 6.07 Å². The van der Waals surface area contributed by atoms with E-state index in [2.05, 4.69) is 45.7 Å². The molecule has 4 fully saturated rings.